The number of ether oxygens (including phenoxy) is 1. The largest absolute Gasteiger partial charge is 0.416 e. The number of nitrogens with two attached hydrogens (primary N) is 1. The third kappa shape index (κ3) is 5.09. The number of anilines is 1. The van der Waals surface area contributed by atoms with Gasteiger partial charge in [-0.25, -0.2) is 4.98 Å². The molecule has 4 rings (SSSR count). The molecule has 0 amide bonds. The fraction of sp³-hybridized carbons (Fsp3) is 0.273. The van der Waals surface area contributed by atoms with Crippen LogP contribution in [-0.2, 0) is 23.9 Å². The summed E-state index contributed by atoms with van der Waals surface area (Å²) in [6.07, 6.45) is -2.12. The molecule has 4 N–H and O–H groups in total. The molecule has 1 atom stereocenters. The summed E-state index contributed by atoms with van der Waals surface area (Å²) in [6.45, 7) is 0.801. The van der Waals surface area contributed by atoms with Gasteiger partial charge in [0.2, 0.25) is 0 Å². The third-order valence-corrected chi connectivity index (χ3v) is 6.08. The Kier molecular flexibility index (Phi) is 6.45. The molecular formula is C22H22F3N5OS. The second kappa shape index (κ2) is 9.27. The van der Waals surface area contributed by atoms with Crippen LogP contribution in [0, 0.1) is 0 Å². The van der Waals surface area contributed by atoms with Gasteiger partial charge in [0.05, 0.1) is 34.5 Å². The van der Waals surface area contributed by atoms with Crippen LogP contribution in [0.25, 0.3) is 21.3 Å². The van der Waals surface area contributed by atoms with Gasteiger partial charge in [-0.05, 0) is 41.8 Å². The Balaban J connectivity index is 1.43. The number of H-pyrrole nitrogens is 1. The summed E-state index contributed by atoms with van der Waals surface area (Å²) in [4.78, 5) is 5.63. The maximum Gasteiger partial charge on any atom is 0.416 e. The first kappa shape index (κ1) is 22.3. The number of aromatic nitrogens is 3. The lowest BCUT2D eigenvalue weighted by molar-refractivity contribution is -0.137. The molecule has 2 aromatic carbocycles. The number of hydrogen-bond acceptors (Lipinski definition) is 6. The van der Waals surface area contributed by atoms with Crippen molar-refractivity contribution >= 4 is 27.4 Å². The molecule has 4 aromatic rings. The summed E-state index contributed by atoms with van der Waals surface area (Å²) in [5, 5.41) is 12.0. The highest BCUT2D eigenvalue weighted by Crippen LogP contribution is 2.35. The van der Waals surface area contributed by atoms with E-state index in [1.165, 1.54) is 23.5 Å². The molecule has 0 bridgehead atoms. The van der Waals surface area contributed by atoms with Crippen LogP contribution in [0.3, 0.4) is 0 Å². The Morgan fingerprint density at radius 3 is 2.69 bits per heavy atom. The second-order valence-corrected chi connectivity index (χ2v) is 8.44. The van der Waals surface area contributed by atoms with E-state index < -0.39 is 11.7 Å². The lowest BCUT2D eigenvalue weighted by Crippen LogP contribution is -2.31. The van der Waals surface area contributed by atoms with Gasteiger partial charge < -0.3 is 15.8 Å². The lowest BCUT2D eigenvalue weighted by atomic mass is 10.0. The van der Waals surface area contributed by atoms with Gasteiger partial charge in [-0.3, -0.25) is 5.10 Å². The van der Waals surface area contributed by atoms with Gasteiger partial charge in [0.15, 0.2) is 5.13 Å². The number of halogens is 3. The van der Waals surface area contributed by atoms with Crippen LogP contribution in [0.15, 0.2) is 48.7 Å². The monoisotopic (exact) mass is 461 g/mol. The molecule has 0 spiro atoms. The minimum Gasteiger partial charge on any atom is -0.378 e. The predicted molar refractivity (Wildman–Crippen MR) is 120 cm³/mol. The molecule has 0 aliphatic heterocycles. The van der Waals surface area contributed by atoms with Crippen molar-refractivity contribution in [2.24, 2.45) is 5.73 Å². The number of nitrogens with zero attached hydrogens (tertiary/aromatic N) is 2. The van der Waals surface area contributed by atoms with Gasteiger partial charge in [-0.1, -0.05) is 29.5 Å². The van der Waals surface area contributed by atoms with E-state index in [9.17, 15) is 13.2 Å². The summed E-state index contributed by atoms with van der Waals surface area (Å²) in [5.41, 5.74) is 9.08. The highest BCUT2D eigenvalue weighted by atomic mass is 32.1. The Morgan fingerprint density at radius 1 is 1.19 bits per heavy atom. The Hall–Kier alpha value is -2.95. The highest BCUT2D eigenvalue weighted by Gasteiger charge is 2.30. The topological polar surface area (TPSA) is 88.9 Å². The Bertz CT molecular complexity index is 1190. The predicted octanol–water partition coefficient (Wildman–Crippen LogP) is 4.83. The van der Waals surface area contributed by atoms with Crippen LogP contribution in [0.5, 0.6) is 0 Å². The van der Waals surface area contributed by atoms with E-state index in [0.717, 1.165) is 44.7 Å². The number of benzene rings is 2. The molecule has 0 aliphatic carbocycles. The summed E-state index contributed by atoms with van der Waals surface area (Å²) in [6, 6.07) is 10.8. The minimum atomic E-state index is -4.34. The van der Waals surface area contributed by atoms with Crippen molar-refractivity contribution in [2.45, 2.75) is 25.2 Å². The van der Waals surface area contributed by atoms with Crippen molar-refractivity contribution in [2.75, 3.05) is 19.0 Å². The lowest BCUT2D eigenvalue weighted by Gasteiger charge is -2.13. The molecule has 0 radical (unpaired) electrons. The number of nitrogens with one attached hydrogen (secondary N) is 2. The van der Waals surface area contributed by atoms with Crippen LogP contribution in [0.4, 0.5) is 18.3 Å². The summed E-state index contributed by atoms with van der Waals surface area (Å²) in [5.74, 6) is 0. The number of alkyl halides is 3. The summed E-state index contributed by atoms with van der Waals surface area (Å²) >= 11 is 1.50. The van der Waals surface area contributed by atoms with Crippen molar-refractivity contribution in [3.8, 4) is 10.4 Å². The van der Waals surface area contributed by atoms with E-state index in [4.69, 9.17) is 10.5 Å². The number of methoxy groups -OCH3 is 1. The van der Waals surface area contributed by atoms with Crippen molar-refractivity contribution in [1.29, 1.82) is 0 Å². The van der Waals surface area contributed by atoms with E-state index in [1.807, 2.05) is 18.2 Å². The van der Waals surface area contributed by atoms with Crippen LogP contribution < -0.4 is 11.1 Å². The molecule has 2 aromatic heterocycles. The normalized spacial score (nSPS) is 12.9. The molecule has 2 heterocycles. The first-order chi connectivity index (χ1) is 15.3. The van der Waals surface area contributed by atoms with E-state index in [1.54, 1.807) is 13.3 Å². The standard InChI is InChI=1S/C22H22F3N5OS/c1-31-12-19-20(14-4-7-18-15(9-14)10-28-30-18)32-21(29-19)27-11-17(26)8-13-2-5-16(6-3-13)22(23,24)25/h2-7,9-10,17H,8,11-12,26H2,1H3,(H,27,29)(H,28,30)/t17-/m1/s1. The smallest absolute Gasteiger partial charge is 0.378 e. The number of thiazole rings is 1. The molecule has 168 valence electrons. The van der Waals surface area contributed by atoms with E-state index in [0.29, 0.717) is 24.7 Å². The van der Waals surface area contributed by atoms with Gasteiger partial charge in [0.1, 0.15) is 0 Å². The summed E-state index contributed by atoms with van der Waals surface area (Å²) < 4.78 is 43.4. The maximum absolute atomic E-state index is 12.7. The number of hydrogen-bond donors (Lipinski definition) is 3. The van der Waals surface area contributed by atoms with Gasteiger partial charge >= 0.3 is 6.18 Å². The van der Waals surface area contributed by atoms with Crippen molar-refractivity contribution in [3.05, 3.63) is 65.5 Å². The molecule has 0 unspecified atom stereocenters. The quantitative estimate of drug-likeness (QED) is 0.350. The van der Waals surface area contributed by atoms with Crippen molar-refractivity contribution in [1.82, 2.24) is 15.2 Å². The van der Waals surface area contributed by atoms with Gasteiger partial charge in [-0.2, -0.15) is 18.3 Å². The van der Waals surface area contributed by atoms with Gasteiger partial charge in [0.25, 0.3) is 0 Å². The van der Waals surface area contributed by atoms with E-state index in [2.05, 4.69) is 20.5 Å². The number of fused-ring (bicyclic) bond motifs is 1. The Morgan fingerprint density at radius 2 is 1.97 bits per heavy atom. The zero-order valence-corrected chi connectivity index (χ0v) is 18.1. The highest BCUT2D eigenvalue weighted by molar-refractivity contribution is 7.19. The van der Waals surface area contributed by atoms with Crippen LogP contribution >= 0.6 is 11.3 Å². The first-order valence-electron chi connectivity index (χ1n) is 9.91. The van der Waals surface area contributed by atoms with Gasteiger partial charge in [0, 0.05) is 25.1 Å². The van der Waals surface area contributed by atoms with Crippen molar-refractivity contribution < 1.29 is 17.9 Å². The molecule has 0 saturated heterocycles. The molecule has 6 nitrogen and oxygen atoms in total. The molecule has 0 aliphatic rings. The molecular weight excluding hydrogens is 439 g/mol. The zero-order chi connectivity index (χ0) is 22.7. The number of rotatable bonds is 8. The van der Waals surface area contributed by atoms with Gasteiger partial charge in [-0.15, -0.1) is 0 Å². The third-order valence-electron chi connectivity index (χ3n) is 4.98. The fourth-order valence-electron chi connectivity index (χ4n) is 3.39. The minimum absolute atomic E-state index is 0.285. The van der Waals surface area contributed by atoms with Crippen molar-refractivity contribution in [3.63, 3.8) is 0 Å². The maximum atomic E-state index is 12.7. The van der Waals surface area contributed by atoms with Crippen LogP contribution in [0.2, 0.25) is 0 Å². The van der Waals surface area contributed by atoms with Crippen LogP contribution in [-0.4, -0.2) is 34.9 Å². The fourth-order valence-corrected chi connectivity index (χ4v) is 4.37. The van der Waals surface area contributed by atoms with E-state index in [-0.39, 0.29) is 6.04 Å². The molecule has 0 saturated carbocycles. The summed E-state index contributed by atoms with van der Waals surface area (Å²) in [7, 11) is 1.62. The average Bonchev–Trinajstić information content (AvgIpc) is 3.38. The Labute approximate surface area is 186 Å². The van der Waals surface area contributed by atoms with E-state index >= 15 is 0 Å². The molecule has 0 fully saturated rings. The second-order valence-electron chi connectivity index (χ2n) is 7.44. The molecule has 32 heavy (non-hydrogen) atoms. The zero-order valence-electron chi connectivity index (χ0n) is 17.2. The number of aromatic amines is 1. The molecule has 10 heteroatoms. The average molecular weight is 462 g/mol. The van der Waals surface area contributed by atoms with Crippen LogP contribution in [0.1, 0.15) is 16.8 Å². The first-order valence-corrected chi connectivity index (χ1v) is 10.7. The SMILES string of the molecule is COCc1nc(NC[C@H](N)Cc2ccc(C(F)(F)F)cc2)sc1-c1ccc2[nH]ncc2c1.